The van der Waals surface area contributed by atoms with Gasteiger partial charge in [-0.1, -0.05) is 6.92 Å². The number of aliphatic carboxylic acids is 1. The van der Waals surface area contributed by atoms with Crippen molar-refractivity contribution < 1.29 is 24.2 Å². The van der Waals surface area contributed by atoms with Gasteiger partial charge >= 0.3 is 5.97 Å². The number of carboxylic acids is 1. The van der Waals surface area contributed by atoms with Crippen molar-refractivity contribution in [3.05, 3.63) is 22.2 Å². The van der Waals surface area contributed by atoms with Crippen LogP contribution in [0.4, 0.5) is 0 Å². The first-order chi connectivity index (χ1) is 9.97. The van der Waals surface area contributed by atoms with Crippen molar-refractivity contribution in [2.45, 2.75) is 6.92 Å². The molecule has 1 aromatic carbocycles. The fourth-order valence-corrected chi connectivity index (χ4v) is 3.28. The van der Waals surface area contributed by atoms with Crippen molar-refractivity contribution in [3.8, 4) is 11.5 Å². The fraction of sp³-hybridized carbons (Fsp3) is 0.429. The van der Waals surface area contributed by atoms with Crippen LogP contribution in [0.5, 0.6) is 11.5 Å². The smallest absolute Gasteiger partial charge is 0.308 e. The van der Waals surface area contributed by atoms with Gasteiger partial charge in [-0.2, -0.15) is 0 Å². The zero-order chi connectivity index (χ0) is 15.1. The van der Waals surface area contributed by atoms with E-state index in [4.69, 9.17) is 14.6 Å². The van der Waals surface area contributed by atoms with E-state index in [1.54, 1.807) is 17.0 Å². The summed E-state index contributed by atoms with van der Waals surface area (Å²) in [7, 11) is 0. The van der Waals surface area contributed by atoms with E-state index in [0.29, 0.717) is 28.1 Å². The Morgan fingerprint density at radius 3 is 2.76 bits per heavy atom. The van der Waals surface area contributed by atoms with Gasteiger partial charge in [-0.05, 0) is 34.0 Å². The third-order valence-corrected chi connectivity index (χ3v) is 4.48. The van der Waals surface area contributed by atoms with Crippen LogP contribution < -0.4 is 9.47 Å². The van der Waals surface area contributed by atoms with Gasteiger partial charge < -0.3 is 19.5 Å². The van der Waals surface area contributed by atoms with Crippen LogP contribution in [0.15, 0.2) is 16.6 Å². The molecular weight excluding hydrogens is 342 g/mol. The molecule has 7 heteroatoms. The van der Waals surface area contributed by atoms with E-state index in [-0.39, 0.29) is 25.2 Å². The number of hydrogen-bond acceptors (Lipinski definition) is 4. The van der Waals surface area contributed by atoms with Gasteiger partial charge in [0.15, 0.2) is 11.5 Å². The van der Waals surface area contributed by atoms with Crippen LogP contribution in [0.2, 0.25) is 0 Å². The maximum atomic E-state index is 12.5. The van der Waals surface area contributed by atoms with Gasteiger partial charge in [0.25, 0.3) is 5.91 Å². The van der Waals surface area contributed by atoms with E-state index >= 15 is 0 Å². The minimum Gasteiger partial charge on any atom is -0.481 e. The summed E-state index contributed by atoms with van der Waals surface area (Å²) in [6.45, 7) is 2.66. The van der Waals surface area contributed by atoms with E-state index in [0.717, 1.165) is 0 Å². The van der Waals surface area contributed by atoms with E-state index in [1.165, 1.54) is 0 Å². The Morgan fingerprint density at radius 1 is 1.33 bits per heavy atom. The molecule has 1 amide bonds. The van der Waals surface area contributed by atoms with E-state index in [9.17, 15) is 9.59 Å². The lowest BCUT2D eigenvalue weighted by atomic mass is 9.99. The van der Waals surface area contributed by atoms with Gasteiger partial charge in [-0.25, -0.2) is 0 Å². The molecule has 2 aliphatic heterocycles. The number of halogens is 1. The molecule has 2 aliphatic rings. The number of carbonyl (C=O) groups excluding carboxylic acids is 1. The second-order valence-corrected chi connectivity index (χ2v) is 6.18. The number of fused-ring (bicyclic) bond motifs is 1. The summed E-state index contributed by atoms with van der Waals surface area (Å²) in [6, 6.07) is 3.31. The summed E-state index contributed by atoms with van der Waals surface area (Å²) in [5.74, 6) is -0.496. The fourth-order valence-electron chi connectivity index (χ4n) is 2.73. The molecule has 0 bridgehead atoms. The first-order valence-corrected chi connectivity index (χ1v) is 7.38. The molecule has 0 unspecified atom stereocenters. The Kier molecular flexibility index (Phi) is 3.52. The summed E-state index contributed by atoms with van der Waals surface area (Å²) in [5.41, 5.74) is 0.462. The second kappa shape index (κ2) is 5.22. The molecule has 2 heterocycles. The second-order valence-electron chi connectivity index (χ2n) is 5.32. The summed E-state index contributed by atoms with van der Waals surface area (Å²) < 4.78 is 11.2. The summed E-state index contributed by atoms with van der Waals surface area (Å²) in [6.07, 6.45) is 0. The Hall–Kier alpha value is -1.76. The lowest BCUT2D eigenvalue weighted by Crippen LogP contribution is -2.29. The van der Waals surface area contributed by atoms with Crippen LogP contribution in [0.1, 0.15) is 17.3 Å². The quantitative estimate of drug-likeness (QED) is 0.877. The Balaban J connectivity index is 1.84. The minimum atomic E-state index is -0.857. The average Bonchev–Trinajstić information content (AvgIpc) is 3.04. The number of carboxylic acid groups (broad SMARTS) is 1. The predicted octanol–water partition coefficient (Wildman–Crippen LogP) is 1.97. The molecule has 3 rings (SSSR count). The van der Waals surface area contributed by atoms with Crippen molar-refractivity contribution >= 4 is 27.8 Å². The van der Waals surface area contributed by atoms with Gasteiger partial charge in [0, 0.05) is 18.7 Å². The monoisotopic (exact) mass is 355 g/mol. The lowest BCUT2D eigenvalue weighted by molar-refractivity contribution is -0.142. The predicted molar refractivity (Wildman–Crippen MR) is 76.5 cm³/mol. The zero-order valence-electron chi connectivity index (χ0n) is 11.3. The zero-order valence-corrected chi connectivity index (χ0v) is 12.9. The number of nitrogens with zero attached hydrogens (tertiary/aromatic N) is 1. The molecule has 6 nitrogen and oxygen atoms in total. The number of rotatable bonds is 2. The Labute approximate surface area is 129 Å². The molecule has 0 radical (unpaired) electrons. The maximum Gasteiger partial charge on any atom is 0.308 e. The van der Waals surface area contributed by atoms with Crippen LogP contribution in [-0.4, -0.2) is 41.8 Å². The molecular formula is C14H14BrNO5. The van der Waals surface area contributed by atoms with Gasteiger partial charge in [0.2, 0.25) is 6.79 Å². The van der Waals surface area contributed by atoms with Gasteiger partial charge in [-0.15, -0.1) is 0 Å². The number of carbonyl (C=O) groups is 2. The highest BCUT2D eigenvalue weighted by molar-refractivity contribution is 9.10. The van der Waals surface area contributed by atoms with Gasteiger partial charge in [0.1, 0.15) is 0 Å². The minimum absolute atomic E-state index is 0.0519. The lowest BCUT2D eigenvalue weighted by Gasteiger charge is -2.16. The van der Waals surface area contributed by atoms with Crippen LogP contribution in [0, 0.1) is 11.8 Å². The standard InChI is InChI=1S/C14H14BrNO5/c1-7-4-16(5-9(7)14(18)19)13(17)8-2-10(15)12-11(3-8)20-6-21-12/h2-3,7,9H,4-6H2,1H3,(H,18,19)/t7-,9-/m1/s1. The van der Waals surface area contributed by atoms with Crippen LogP contribution in [0.25, 0.3) is 0 Å². The molecule has 1 aromatic rings. The molecule has 112 valence electrons. The normalized spacial score (nSPS) is 23.4. The average molecular weight is 356 g/mol. The van der Waals surface area contributed by atoms with E-state index in [2.05, 4.69) is 15.9 Å². The van der Waals surface area contributed by atoms with Crippen molar-refractivity contribution in [2.75, 3.05) is 19.9 Å². The Morgan fingerprint density at radius 2 is 2.10 bits per heavy atom. The molecule has 1 saturated heterocycles. The molecule has 2 atom stereocenters. The number of amides is 1. The van der Waals surface area contributed by atoms with Gasteiger partial charge in [-0.3, -0.25) is 9.59 Å². The SMILES string of the molecule is C[C@@H]1CN(C(=O)c2cc(Br)c3c(c2)OCO3)C[C@H]1C(=O)O. The molecule has 0 spiro atoms. The summed E-state index contributed by atoms with van der Waals surface area (Å²) in [4.78, 5) is 25.2. The first-order valence-electron chi connectivity index (χ1n) is 6.58. The van der Waals surface area contributed by atoms with Crippen molar-refractivity contribution in [3.63, 3.8) is 0 Å². The van der Waals surface area contributed by atoms with Crippen molar-refractivity contribution in [2.24, 2.45) is 11.8 Å². The number of benzene rings is 1. The number of likely N-dealkylation sites (tertiary alicyclic amines) is 1. The molecule has 0 aromatic heterocycles. The largest absolute Gasteiger partial charge is 0.481 e. The van der Waals surface area contributed by atoms with Crippen LogP contribution >= 0.6 is 15.9 Å². The molecule has 0 aliphatic carbocycles. The summed E-state index contributed by atoms with van der Waals surface area (Å²) in [5, 5.41) is 9.14. The molecule has 1 N–H and O–H groups in total. The van der Waals surface area contributed by atoms with Crippen molar-refractivity contribution in [1.29, 1.82) is 0 Å². The Bertz CT molecular complexity index is 618. The van der Waals surface area contributed by atoms with Crippen molar-refractivity contribution in [1.82, 2.24) is 4.90 Å². The topological polar surface area (TPSA) is 76.1 Å². The highest BCUT2D eigenvalue weighted by Gasteiger charge is 2.37. The first kappa shape index (κ1) is 14.2. The molecule has 1 fully saturated rings. The number of ether oxygens (including phenoxy) is 2. The summed E-state index contributed by atoms with van der Waals surface area (Å²) >= 11 is 3.35. The van der Waals surface area contributed by atoms with E-state index in [1.807, 2.05) is 6.92 Å². The highest BCUT2D eigenvalue weighted by Crippen LogP contribution is 2.40. The van der Waals surface area contributed by atoms with Crippen LogP contribution in [-0.2, 0) is 4.79 Å². The molecule has 21 heavy (non-hydrogen) atoms. The molecule has 0 saturated carbocycles. The maximum absolute atomic E-state index is 12.5. The number of hydrogen-bond donors (Lipinski definition) is 1. The third kappa shape index (κ3) is 2.46. The third-order valence-electron chi connectivity index (χ3n) is 3.89. The highest BCUT2D eigenvalue weighted by atomic mass is 79.9. The van der Waals surface area contributed by atoms with E-state index < -0.39 is 11.9 Å². The van der Waals surface area contributed by atoms with Gasteiger partial charge in [0.05, 0.1) is 10.4 Å². The van der Waals surface area contributed by atoms with Crippen LogP contribution in [0.3, 0.4) is 0 Å².